The van der Waals surface area contributed by atoms with Crippen molar-refractivity contribution in [2.75, 3.05) is 26.6 Å². The van der Waals surface area contributed by atoms with Gasteiger partial charge in [-0.2, -0.15) is 0 Å². The fourth-order valence-electron chi connectivity index (χ4n) is 5.50. The Morgan fingerprint density at radius 3 is 2.66 bits per heavy atom. The molecule has 2 aliphatic rings. The number of carbonyl (C=O) groups excluding carboxylic acids is 1. The van der Waals surface area contributed by atoms with Crippen molar-refractivity contribution in [3.05, 3.63) is 53.2 Å². The predicted octanol–water partition coefficient (Wildman–Crippen LogP) is 5.87. The van der Waals surface area contributed by atoms with Crippen LogP contribution in [0.25, 0.3) is 11.9 Å². The van der Waals surface area contributed by atoms with Crippen LogP contribution in [0.4, 0.5) is 8.78 Å². The Kier molecular flexibility index (Phi) is 11.1. The Morgan fingerprint density at radius 1 is 1.26 bits per heavy atom. The number of aliphatic imine (C=N–C) groups is 1. The Labute approximate surface area is 278 Å². The Hall–Kier alpha value is -3.80. The highest BCUT2D eigenvalue weighted by atomic mass is 32.2. The fourth-order valence-corrected chi connectivity index (χ4v) is 7.80. The molecule has 3 atom stereocenters. The predicted molar refractivity (Wildman–Crippen MR) is 180 cm³/mol. The molecule has 47 heavy (non-hydrogen) atoms. The van der Waals surface area contributed by atoms with Gasteiger partial charge in [0.05, 0.1) is 24.5 Å². The number of aromatic nitrogens is 2. The molecular formula is C33H40F2N4O6SSi. The van der Waals surface area contributed by atoms with Crippen molar-refractivity contribution in [1.29, 1.82) is 0 Å². The molecule has 0 bridgehead atoms. The number of ether oxygens (including phenoxy) is 3. The summed E-state index contributed by atoms with van der Waals surface area (Å²) in [4.78, 5) is 39.3. The van der Waals surface area contributed by atoms with Crippen LogP contribution < -0.4 is 10.1 Å². The van der Waals surface area contributed by atoms with E-state index in [0.717, 1.165) is 36.4 Å². The number of thioether (sulfide) groups is 1. The minimum atomic E-state index is -1.70. The maximum Gasteiger partial charge on any atom is 0.321 e. The van der Waals surface area contributed by atoms with Crippen LogP contribution in [0.2, 0.25) is 25.7 Å². The number of nitrogens with one attached hydrogen (secondary N) is 1. The molecule has 0 radical (unpaired) electrons. The standard InChI is InChI=1S/C33H40F2N4O6SSi/c1-7-9-13-45-29(42)32-20-33(32,28(40)41)46-30(38-21-43-14-15-47(4,5)6)39-31(32,3)23-16-22(10-11-24(23)34)17-25(35)26-18-37-27(19-36-26)44-12-8-2/h2,10-11,16-19H,7,9,12-15,20-21H2,1,3-6H3,(H,38,39)(H,40,41)/b25-17-. The first-order valence-corrected chi connectivity index (χ1v) is 19.8. The number of rotatable bonds is 15. The van der Waals surface area contributed by atoms with E-state index >= 15 is 8.78 Å². The quantitative estimate of drug-likeness (QED) is 0.101. The van der Waals surface area contributed by atoms with Gasteiger partial charge in [0.2, 0.25) is 5.88 Å². The monoisotopic (exact) mass is 686 g/mol. The molecule has 1 aromatic heterocycles. The third-order valence-corrected chi connectivity index (χ3v) is 11.4. The minimum Gasteiger partial charge on any atom is -0.480 e. The summed E-state index contributed by atoms with van der Waals surface area (Å²) in [5.74, 6) is -1.07. The molecule has 4 rings (SSSR count). The fraction of sp³-hybridized carbons (Fsp3) is 0.485. The van der Waals surface area contributed by atoms with Crippen molar-refractivity contribution >= 4 is 48.8 Å². The Balaban J connectivity index is 1.74. The first-order chi connectivity index (χ1) is 22.2. The van der Waals surface area contributed by atoms with Crippen LogP contribution in [0.5, 0.6) is 5.88 Å². The van der Waals surface area contributed by atoms with Crippen molar-refractivity contribution in [3.63, 3.8) is 0 Å². The van der Waals surface area contributed by atoms with E-state index in [-0.39, 0.29) is 54.2 Å². The SMILES string of the molecule is C#CCOc1cnc(/C(F)=C/c2ccc(F)c(C3(C)NC(=NCOCC[Si](C)(C)C)SC4(C(=O)O)CC43C(=O)OCCCC)c2)cn1. The number of carboxylic acids is 1. The van der Waals surface area contributed by atoms with Gasteiger partial charge >= 0.3 is 11.9 Å². The van der Waals surface area contributed by atoms with Crippen molar-refractivity contribution in [2.45, 2.75) is 69.1 Å². The van der Waals surface area contributed by atoms with Gasteiger partial charge in [-0.25, -0.2) is 23.7 Å². The zero-order valence-electron chi connectivity index (χ0n) is 27.2. The van der Waals surface area contributed by atoms with E-state index in [1.807, 2.05) is 6.92 Å². The van der Waals surface area contributed by atoms with Gasteiger partial charge < -0.3 is 24.6 Å². The van der Waals surface area contributed by atoms with Crippen LogP contribution in [0.15, 0.2) is 35.6 Å². The topological polar surface area (TPSA) is 132 Å². The van der Waals surface area contributed by atoms with E-state index in [1.54, 1.807) is 6.92 Å². The second-order valence-electron chi connectivity index (χ2n) is 12.8. The number of amidine groups is 1. The zero-order valence-corrected chi connectivity index (χ0v) is 29.0. The Bertz CT molecular complexity index is 1590. The number of nitrogens with zero attached hydrogens (tertiary/aromatic N) is 3. The first-order valence-electron chi connectivity index (χ1n) is 15.3. The molecule has 10 nitrogen and oxygen atoms in total. The van der Waals surface area contributed by atoms with Crippen molar-refractivity contribution in [1.82, 2.24) is 15.3 Å². The highest BCUT2D eigenvalue weighted by Crippen LogP contribution is 2.74. The van der Waals surface area contributed by atoms with Gasteiger partial charge in [-0.1, -0.05) is 56.7 Å². The number of hydrogen-bond donors (Lipinski definition) is 2. The molecule has 1 aromatic carbocycles. The largest absolute Gasteiger partial charge is 0.480 e. The molecule has 0 amide bonds. The third-order valence-electron chi connectivity index (χ3n) is 8.28. The van der Waals surface area contributed by atoms with Crippen LogP contribution in [0.1, 0.15) is 49.9 Å². The minimum absolute atomic E-state index is 0.0230. The van der Waals surface area contributed by atoms with E-state index in [9.17, 15) is 14.7 Å². The number of unbranched alkanes of at least 4 members (excludes halogenated alkanes) is 1. The number of esters is 1. The van der Waals surface area contributed by atoms with Crippen molar-refractivity contribution in [2.24, 2.45) is 10.4 Å². The maximum atomic E-state index is 15.9. The third kappa shape index (κ3) is 7.52. The normalized spacial score (nSPS) is 24.6. The highest BCUT2D eigenvalue weighted by molar-refractivity contribution is 8.16. The molecule has 0 spiro atoms. The molecule has 1 aliphatic heterocycles. The number of terminal acetylenes is 1. The average Bonchev–Trinajstić information content (AvgIpc) is 3.73. The summed E-state index contributed by atoms with van der Waals surface area (Å²) in [6.07, 6.45) is 9.90. The van der Waals surface area contributed by atoms with Crippen LogP contribution in [0, 0.1) is 23.6 Å². The molecular weight excluding hydrogens is 647 g/mol. The summed E-state index contributed by atoms with van der Waals surface area (Å²) in [7, 11) is -1.35. The number of aliphatic carboxylic acids is 1. The molecule has 1 aliphatic carbocycles. The zero-order chi connectivity index (χ0) is 34.5. The first kappa shape index (κ1) is 36.0. The molecule has 2 aromatic rings. The van der Waals surface area contributed by atoms with Crippen molar-refractivity contribution < 1.29 is 37.7 Å². The summed E-state index contributed by atoms with van der Waals surface area (Å²) in [6, 6.07) is 4.80. The van der Waals surface area contributed by atoms with E-state index in [4.69, 9.17) is 20.6 Å². The lowest BCUT2D eigenvalue weighted by Crippen LogP contribution is -2.61. The summed E-state index contributed by atoms with van der Waals surface area (Å²) in [6.45, 7) is 10.7. The van der Waals surface area contributed by atoms with Crippen LogP contribution in [-0.4, -0.2) is 71.6 Å². The average molecular weight is 687 g/mol. The van der Waals surface area contributed by atoms with Crippen LogP contribution in [-0.2, 0) is 24.6 Å². The van der Waals surface area contributed by atoms with E-state index < -0.39 is 47.4 Å². The molecule has 3 unspecified atom stereocenters. The lowest BCUT2D eigenvalue weighted by atomic mass is 9.74. The van der Waals surface area contributed by atoms with Crippen LogP contribution in [0.3, 0.4) is 0 Å². The van der Waals surface area contributed by atoms with Gasteiger partial charge in [-0.05, 0) is 49.6 Å². The Morgan fingerprint density at radius 2 is 2.02 bits per heavy atom. The summed E-state index contributed by atoms with van der Waals surface area (Å²) < 4.78 is 46.0. The van der Waals surface area contributed by atoms with E-state index in [2.05, 4.69) is 45.8 Å². The second kappa shape index (κ2) is 14.5. The highest BCUT2D eigenvalue weighted by Gasteiger charge is 2.87. The molecule has 1 saturated carbocycles. The maximum absolute atomic E-state index is 15.9. The number of halogens is 2. The number of benzene rings is 1. The molecule has 2 heterocycles. The van der Waals surface area contributed by atoms with Crippen molar-refractivity contribution in [3.8, 4) is 18.2 Å². The molecule has 2 fully saturated rings. The van der Waals surface area contributed by atoms with Gasteiger partial charge in [0.25, 0.3) is 0 Å². The van der Waals surface area contributed by atoms with Gasteiger partial charge in [-0.15, -0.1) is 6.42 Å². The summed E-state index contributed by atoms with van der Waals surface area (Å²) in [5, 5.41) is 13.9. The van der Waals surface area contributed by atoms with Gasteiger partial charge in [0, 0.05) is 20.2 Å². The number of carboxylic acid groups (broad SMARTS) is 1. The van der Waals surface area contributed by atoms with Crippen LogP contribution >= 0.6 is 11.8 Å². The lowest BCUT2D eigenvalue weighted by Gasteiger charge is -2.44. The second-order valence-corrected chi connectivity index (χ2v) is 19.7. The summed E-state index contributed by atoms with van der Waals surface area (Å²) in [5.41, 5.74) is -3.28. The van der Waals surface area contributed by atoms with E-state index in [1.165, 1.54) is 24.5 Å². The van der Waals surface area contributed by atoms with Gasteiger partial charge in [0.15, 0.2) is 17.6 Å². The molecule has 14 heteroatoms. The number of carbonyl (C=O) groups is 2. The summed E-state index contributed by atoms with van der Waals surface area (Å²) >= 11 is 0.903. The number of fused-ring (bicyclic) bond motifs is 1. The molecule has 2 N–H and O–H groups in total. The molecule has 252 valence electrons. The lowest BCUT2D eigenvalue weighted by molar-refractivity contribution is -0.157. The van der Waals surface area contributed by atoms with Gasteiger partial charge in [-0.3, -0.25) is 9.59 Å². The number of hydrogen-bond acceptors (Lipinski definition) is 9. The smallest absolute Gasteiger partial charge is 0.321 e. The molecule has 1 saturated heterocycles. The van der Waals surface area contributed by atoms with Gasteiger partial charge in [0.1, 0.15) is 28.4 Å². The van der Waals surface area contributed by atoms with E-state index in [0.29, 0.717) is 13.0 Å².